The summed E-state index contributed by atoms with van der Waals surface area (Å²) < 4.78 is 6.54. The van der Waals surface area contributed by atoms with Crippen LogP contribution in [0.4, 0.5) is 5.82 Å². The van der Waals surface area contributed by atoms with E-state index >= 15 is 0 Å². The van der Waals surface area contributed by atoms with Gasteiger partial charge in [0.25, 0.3) is 5.91 Å². The number of aromatic nitrogens is 1. The maximum Gasteiger partial charge on any atom is 0.255 e. The second-order valence-electron chi connectivity index (χ2n) is 4.99. The van der Waals surface area contributed by atoms with E-state index in [1.165, 1.54) is 0 Å². The molecular formula is C13H16BrN3O2. The van der Waals surface area contributed by atoms with Crippen LogP contribution in [-0.4, -0.2) is 36.2 Å². The minimum Gasteiger partial charge on any atom is -0.373 e. The van der Waals surface area contributed by atoms with Crippen molar-refractivity contribution in [2.24, 2.45) is 0 Å². The summed E-state index contributed by atoms with van der Waals surface area (Å²) in [5.41, 5.74) is 0.555. The first-order valence-corrected chi connectivity index (χ1v) is 7.26. The zero-order chi connectivity index (χ0) is 13.4. The van der Waals surface area contributed by atoms with Crippen molar-refractivity contribution in [2.45, 2.75) is 37.5 Å². The highest BCUT2D eigenvalue weighted by Gasteiger charge is 2.41. The molecule has 5 nitrogen and oxygen atoms in total. The predicted molar refractivity (Wildman–Crippen MR) is 75.2 cm³/mol. The van der Waals surface area contributed by atoms with Gasteiger partial charge in [-0.15, -0.1) is 0 Å². The molecule has 1 amide bonds. The zero-order valence-electron chi connectivity index (χ0n) is 10.6. The fourth-order valence-corrected chi connectivity index (χ4v) is 3.18. The predicted octanol–water partition coefficient (Wildman–Crippen LogP) is 1.94. The number of nitrogens with zero attached hydrogens (tertiary/aromatic N) is 1. The van der Waals surface area contributed by atoms with Crippen molar-refractivity contribution in [3.05, 3.63) is 22.3 Å². The Balaban J connectivity index is 1.75. The third kappa shape index (κ3) is 2.47. The van der Waals surface area contributed by atoms with E-state index in [1.807, 2.05) is 0 Å². The molecular weight excluding hydrogens is 310 g/mol. The summed E-state index contributed by atoms with van der Waals surface area (Å²) in [7, 11) is 1.76. The molecule has 2 aliphatic rings. The van der Waals surface area contributed by atoms with Crippen LogP contribution in [0.15, 0.2) is 16.7 Å². The minimum absolute atomic E-state index is 0.0979. The molecule has 2 saturated heterocycles. The maximum atomic E-state index is 12.3. The lowest BCUT2D eigenvalue weighted by Gasteiger charge is -2.20. The molecule has 2 N–H and O–H groups in total. The highest BCUT2D eigenvalue weighted by molar-refractivity contribution is 9.10. The van der Waals surface area contributed by atoms with Crippen LogP contribution in [0.1, 0.15) is 29.6 Å². The SMILES string of the molecule is CNc1ncc(Br)cc1C(=O)NC1CC2CCC1O2. The van der Waals surface area contributed by atoms with E-state index in [0.717, 1.165) is 23.7 Å². The number of carbonyl (C=O) groups excluding carboxylic acids is 1. The molecule has 0 aliphatic carbocycles. The van der Waals surface area contributed by atoms with Gasteiger partial charge in [-0.25, -0.2) is 4.98 Å². The summed E-state index contributed by atoms with van der Waals surface area (Å²) >= 11 is 3.34. The second-order valence-corrected chi connectivity index (χ2v) is 5.90. The second kappa shape index (κ2) is 5.09. The number of nitrogens with one attached hydrogen (secondary N) is 2. The number of amides is 1. The van der Waals surface area contributed by atoms with Gasteiger partial charge < -0.3 is 15.4 Å². The van der Waals surface area contributed by atoms with E-state index in [1.54, 1.807) is 19.3 Å². The Bertz CT molecular complexity index is 509. The number of hydrogen-bond donors (Lipinski definition) is 2. The van der Waals surface area contributed by atoms with Crippen LogP contribution in [0.3, 0.4) is 0 Å². The number of rotatable bonds is 3. The summed E-state index contributed by atoms with van der Waals surface area (Å²) in [5, 5.41) is 6.00. The van der Waals surface area contributed by atoms with Crippen LogP contribution in [0, 0.1) is 0 Å². The molecule has 0 aromatic carbocycles. The summed E-state index contributed by atoms with van der Waals surface area (Å²) in [6.45, 7) is 0. The molecule has 3 unspecified atom stereocenters. The van der Waals surface area contributed by atoms with Crippen LogP contribution >= 0.6 is 15.9 Å². The third-order valence-corrected chi connectivity index (χ3v) is 4.19. The average molecular weight is 326 g/mol. The number of ether oxygens (including phenoxy) is 1. The Morgan fingerprint density at radius 3 is 3.00 bits per heavy atom. The molecule has 2 bridgehead atoms. The molecule has 2 aliphatic heterocycles. The zero-order valence-corrected chi connectivity index (χ0v) is 12.2. The number of anilines is 1. The first-order valence-electron chi connectivity index (χ1n) is 6.47. The Kier molecular flexibility index (Phi) is 3.45. The molecule has 2 fully saturated rings. The van der Waals surface area contributed by atoms with E-state index in [2.05, 4.69) is 31.5 Å². The lowest BCUT2D eigenvalue weighted by molar-refractivity contribution is 0.0841. The van der Waals surface area contributed by atoms with Gasteiger partial charge in [0.15, 0.2) is 0 Å². The highest BCUT2D eigenvalue weighted by atomic mass is 79.9. The quantitative estimate of drug-likeness (QED) is 0.891. The summed E-state index contributed by atoms with van der Waals surface area (Å²) in [6, 6.07) is 1.91. The molecule has 102 valence electrons. The van der Waals surface area contributed by atoms with Gasteiger partial charge in [0.2, 0.25) is 0 Å². The summed E-state index contributed by atoms with van der Waals surface area (Å²) in [6.07, 6.45) is 5.28. The van der Waals surface area contributed by atoms with Crippen molar-refractivity contribution < 1.29 is 9.53 Å². The molecule has 3 atom stereocenters. The van der Waals surface area contributed by atoms with Crippen LogP contribution in [0.2, 0.25) is 0 Å². The summed E-state index contributed by atoms with van der Waals surface area (Å²) in [4.78, 5) is 16.5. The van der Waals surface area contributed by atoms with Crippen LogP contribution in [0.25, 0.3) is 0 Å². The standard InChI is InChI=1S/C13H16BrN3O2/c1-15-12-9(4-7(14)6-16-12)13(18)17-10-5-8-2-3-11(10)19-8/h4,6,8,10-11H,2-3,5H2,1H3,(H,15,16)(H,17,18). The van der Waals surface area contributed by atoms with Gasteiger partial charge in [-0.3, -0.25) is 4.79 Å². The minimum atomic E-state index is -0.0979. The van der Waals surface area contributed by atoms with Crippen LogP contribution in [0.5, 0.6) is 0 Å². The van der Waals surface area contributed by atoms with Crippen molar-refractivity contribution in [3.63, 3.8) is 0 Å². The molecule has 0 radical (unpaired) electrons. The molecule has 19 heavy (non-hydrogen) atoms. The average Bonchev–Trinajstić information content (AvgIpc) is 3.01. The van der Waals surface area contributed by atoms with Gasteiger partial charge in [0.05, 0.1) is 23.8 Å². The van der Waals surface area contributed by atoms with Gasteiger partial charge in [0.1, 0.15) is 5.82 Å². The Morgan fingerprint density at radius 1 is 1.53 bits per heavy atom. The monoisotopic (exact) mass is 325 g/mol. The van der Waals surface area contributed by atoms with E-state index in [4.69, 9.17) is 4.74 Å². The fraction of sp³-hybridized carbons (Fsp3) is 0.538. The Morgan fingerprint density at radius 2 is 2.37 bits per heavy atom. The van der Waals surface area contributed by atoms with Gasteiger partial charge >= 0.3 is 0 Å². The van der Waals surface area contributed by atoms with Gasteiger partial charge in [-0.2, -0.15) is 0 Å². The summed E-state index contributed by atoms with van der Waals surface area (Å²) in [5.74, 6) is 0.490. The van der Waals surface area contributed by atoms with Gasteiger partial charge in [-0.1, -0.05) is 0 Å². The number of pyridine rings is 1. The molecule has 1 aromatic heterocycles. The van der Waals surface area contributed by atoms with Crippen LogP contribution in [-0.2, 0) is 4.74 Å². The van der Waals surface area contributed by atoms with Crippen molar-refractivity contribution >= 4 is 27.7 Å². The number of carbonyl (C=O) groups is 1. The Labute approximate surface area is 120 Å². The normalized spacial score (nSPS) is 28.4. The molecule has 3 heterocycles. The molecule has 0 spiro atoms. The lowest BCUT2D eigenvalue weighted by Crippen LogP contribution is -2.41. The topological polar surface area (TPSA) is 63.2 Å². The van der Waals surface area contributed by atoms with E-state index in [0.29, 0.717) is 17.5 Å². The molecule has 0 saturated carbocycles. The van der Waals surface area contributed by atoms with Crippen molar-refractivity contribution in [1.82, 2.24) is 10.3 Å². The van der Waals surface area contributed by atoms with Crippen molar-refractivity contribution in [3.8, 4) is 0 Å². The number of fused-ring (bicyclic) bond motifs is 2. The highest BCUT2D eigenvalue weighted by Crippen LogP contribution is 2.34. The van der Waals surface area contributed by atoms with Gasteiger partial charge in [0, 0.05) is 17.7 Å². The maximum absolute atomic E-state index is 12.3. The van der Waals surface area contributed by atoms with E-state index < -0.39 is 0 Å². The number of hydrogen-bond acceptors (Lipinski definition) is 4. The first-order chi connectivity index (χ1) is 9.17. The molecule has 3 rings (SSSR count). The lowest BCUT2D eigenvalue weighted by atomic mass is 9.95. The van der Waals surface area contributed by atoms with Crippen LogP contribution < -0.4 is 10.6 Å². The third-order valence-electron chi connectivity index (χ3n) is 3.76. The number of halogens is 1. The largest absolute Gasteiger partial charge is 0.373 e. The Hall–Kier alpha value is -1.14. The molecule has 6 heteroatoms. The first kappa shape index (κ1) is 12.9. The van der Waals surface area contributed by atoms with E-state index in [-0.39, 0.29) is 18.1 Å². The van der Waals surface area contributed by atoms with Gasteiger partial charge in [-0.05, 0) is 41.3 Å². The fourth-order valence-electron chi connectivity index (χ4n) is 2.85. The van der Waals surface area contributed by atoms with Crippen molar-refractivity contribution in [1.29, 1.82) is 0 Å². The molecule has 1 aromatic rings. The smallest absolute Gasteiger partial charge is 0.255 e. The van der Waals surface area contributed by atoms with Crippen molar-refractivity contribution in [2.75, 3.05) is 12.4 Å². The van der Waals surface area contributed by atoms with E-state index in [9.17, 15) is 4.79 Å².